The molecule has 2 aromatic carbocycles. The van der Waals surface area contributed by atoms with Crippen LogP contribution in [0.15, 0.2) is 47.5 Å². The van der Waals surface area contributed by atoms with Crippen LogP contribution in [0.4, 0.5) is 5.69 Å². The lowest BCUT2D eigenvalue weighted by molar-refractivity contribution is -0.140. The van der Waals surface area contributed by atoms with Crippen LogP contribution in [0.5, 0.6) is 11.5 Å². The number of nitrogens with zero attached hydrogens (tertiary/aromatic N) is 3. The SMILES string of the molecule is Cc1ccc2c(c1)Oc1ccccc1C(N1CCN(C(=O)C3CCCCC3)[C@@H](C)C1)=N2. The molecular weight excluding hydrogens is 386 g/mol. The molecule has 1 aliphatic carbocycles. The summed E-state index contributed by atoms with van der Waals surface area (Å²) in [5.41, 5.74) is 3.01. The van der Waals surface area contributed by atoms with Crippen molar-refractivity contribution in [3.63, 3.8) is 0 Å². The molecule has 0 unspecified atom stereocenters. The molecule has 1 saturated heterocycles. The molecule has 0 spiro atoms. The van der Waals surface area contributed by atoms with Crippen LogP contribution in [0.25, 0.3) is 0 Å². The van der Waals surface area contributed by atoms with Crippen molar-refractivity contribution in [3.05, 3.63) is 53.6 Å². The second-order valence-electron chi connectivity index (χ2n) is 9.17. The van der Waals surface area contributed by atoms with E-state index in [1.165, 1.54) is 19.3 Å². The Labute approximate surface area is 184 Å². The Kier molecular flexibility index (Phi) is 5.43. The highest BCUT2D eigenvalue weighted by Gasteiger charge is 2.34. The third kappa shape index (κ3) is 3.93. The first-order valence-corrected chi connectivity index (χ1v) is 11.6. The van der Waals surface area contributed by atoms with Gasteiger partial charge in [0, 0.05) is 31.6 Å². The lowest BCUT2D eigenvalue weighted by Gasteiger charge is -2.43. The fraction of sp³-hybridized carbons (Fsp3) is 0.462. The minimum Gasteiger partial charge on any atom is -0.454 e. The number of aliphatic imine (C=N–C) groups is 1. The summed E-state index contributed by atoms with van der Waals surface area (Å²) in [6.45, 7) is 6.56. The molecule has 5 heteroatoms. The van der Waals surface area contributed by atoms with Crippen molar-refractivity contribution in [2.45, 2.75) is 52.0 Å². The van der Waals surface area contributed by atoms with Crippen molar-refractivity contribution in [3.8, 4) is 11.5 Å². The molecule has 0 aromatic heterocycles. The van der Waals surface area contributed by atoms with E-state index in [4.69, 9.17) is 9.73 Å². The van der Waals surface area contributed by atoms with Crippen LogP contribution >= 0.6 is 0 Å². The Morgan fingerprint density at radius 3 is 2.65 bits per heavy atom. The van der Waals surface area contributed by atoms with Crippen molar-refractivity contribution in [2.24, 2.45) is 10.9 Å². The minimum absolute atomic E-state index is 0.166. The summed E-state index contributed by atoms with van der Waals surface area (Å²) >= 11 is 0. The number of carbonyl (C=O) groups is 1. The third-order valence-corrected chi connectivity index (χ3v) is 6.85. The summed E-state index contributed by atoms with van der Waals surface area (Å²) in [5.74, 6) is 3.15. The Hall–Kier alpha value is -2.82. The Morgan fingerprint density at radius 1 is 1.03 bits per heavy atom. The molecule has 2 fully saturated rings. The molecule has 31 heavy (non-hydrogen) atoms. The zero-order valence-electron chi connectivity index (χ0n) is 18.5. The number of amidine groups is 1. The average Bonchev–Trinajstić information content (AvgIpc) is 2.95. The summed E-state index contributed by atoms with van der Waals surface area (Å²) in [5, 5.41) is 0. The van der Waals surface area contributed by atoms with E-state index in [2.05, 4.69) is 35.8 Å². The number of rotatable bonds is 1. The van der Waals surface area contributed by atoms with Gasteiger partial charge in [0.25, 0.3) is 0 Å². The fourth-order valence-corrected chi connectivity index (χ4v) is 5.13. The van der Waals surface area contributed by atoms with Crippen molar-refractivity contribution in [1.82, 2.24) is 9.80 Å². The van der Waals surface area contributed by atoms with Gasteiger partial charge in [-0.05, 0) is 56.5 Å². The first-order chi connectivity index (χ1) is 15.1. The maximum absolute atomic E-state index is 13.2. The third-order valence-electron chi connectivity index (χ3n) is 6.85. The zero-order chi connectivity index (χ0) is 21.4. The number of fused-ring (bicyclic) bond motifs is 2. The topological polar surface area (TPSA) is 45.1 Å². The molecule has 1 atom stereocenters. The smallest absolute Gasteiger partial charge is 0.226 e. The van der Waals surface area contributed by atoms with E-state index in [0.29, 0.717) is 5.91 Å². The Bertz CT molecular complexity index is 1010. The fourth-order valence-electron chi connectivity index (χ4n) is 5.13. The number of ether oxygens (including phenoxy) is 1. The van der Waals surface area contributed by atoms with Crippen molar-refractivity contribution in [1.29, 1.82) is 0 Å². The number of hydrogen-bond donors (Lipinski definition) is 0. The van der Waals surface area contributed by atoms with E-state index in [9.17, 15) is 4.79 Å². The molecule has 2 heterocycles. The first kappa shape index (κ1) is 20.1. The number of para-hydroxylation sites is 1. The first-order valence-electron chi connectivity index (χ1n) is 11.6. The molecule has 0 N–H and O–H groups in total. The van der Waals surface area contributed by atoms with E-state index >= 15 is 0 Å². The van der Waals surface area contributed by atoms with Gasteiger partial charge in [-0.15, -0.1) is 0 Å². The zero-order valence-corrected chi connectivity index (χ0v) is 18.5. The Morgan fingerprint density at radius 2 is 1.84 bits per heavy atom. The van der Waals surface area contributed by atoms with Crippen molar-refractivity contribution < 1.29 is 9.53 Å². The molecular formula is C26H31N3O2. The van der Waals surface area contributed by atoms with Gasteiger partial charge in [-0.25, -0.2) is 4.99 Å². The lowest BCUT2D eigenvalue weighted by Crippen LogP contribution is -2.56. The van der Waals surface area contributed by atoms with Crippen LogP contribution in [-0.2, 0) is 4.79 Å². The molecule has 2 aliphatic heterocycles. The Balaban J connectivity index is 1.42. The maximum Gasteiger partial charge on any atom is 0.226 e. The van der Waals surface area contributed by atoms with Gasteiger partial charge in [-0.3, -0.25) is 4.79 Å². The number of amides is 1. The predicted octanol–water partition coefficient (Wildman–Crippen LogP) is 5.29. The second kappa shape index (κ2) is 8.37. The molecule has 5 rings (SSSR count). The van der Waals surface area contributed by atoms with Crippen molar-refractivity contribution >= 4 is 17.4 Å². The monoisotopic (exact) mass is 417 g/mol. The average molecular weight is 418 g/mol. The van der Waals surface area contributed by atoms with Gasteiger partial charge in [-0.2, -0.15) is 0 Å². The van der Waals surface area contributed by atoms with Crippen LogP contribution in [-0.4, -0.2) is 47.2 Å². The summed E-state index contributed by atoms with van der Waals surface area (Å²) in [7, 11) is 0. The van der Waals surface area contributed by atoms with Gasteiger partial charge in [0.1, 0.15) is 17.3 Å². The van der Waals surface area contributed by atoms with E-state index in [0.717, 1.165) is 66.6 Å². The molecule has 1 saturated carbocycles. The number of carbonyl (C=O) groups excluding carboxylic acids is 1. The van der Waals surface area contributed by atoms with E-state index in [1.54, 1.807) is 0 Å². The van der Waals surface area contributed by atoms with Gasteiger partial charge in [-0.1, -0.05) is 37.5 Å². The van der Waals surface area contributed by atoms with Crippen LogP contribution in [0, 0.1) is 12.8 Å². The van der Waals surface area contributed by atoms with Gasteiger partial charge in [0.05, 0.1) is 5.56 Å². The summed E-state index contributed by atoms with van der Waals surface area (Å²) in [6.07, 6.45) is 5.77. The van der Waals surface area contributed by atoms with Gasteiger partial charge in [0.2, 0.25) is 5.91 Å². The summed E-state index contributed by atoms with van der Waals surface area (Å²) < 4.78 is 6.26. The largest absolute Gasteiger partial charge is 0.454 e. The van der Waals surface area contributed by atoms with Gasteiger partial charge < -0.3 is 14.5 Å². The predicted molar refractivity (Wildman–Crippen MR) is 123 cm³/mol. The standard InChI is InChI=1S/C26H31N3O2/c1-18-12-13-22-24(16-18)31-23-11-7-6-10-21(23)25(27-22)28-14-15-29(19(2)17-28)26(30)20-8-4-3-5-9-20/h6-7,10-13,16,19-20H,3-5,8-9,14-15,17H2,1-2H3/t19-/m0/s1. The van der Waals surface area contributed by atoms with E-state index in [-0.39, 0.29) is 12.0 Å². The number of piperazine rings is 1. The lowest BCUT2D eigenvalue weighted by atomic mass is 9.87. The molecule has 0 radical (unpaired) electrons. The van der Waals surface area contributed by atoms with Gasteiger partial charge >= 0.3 is 0 Å². The molecule has 162 valence electrons. The molecule has 5 nitrogen and oxygen atoms in total. The van der Waals surface area contributed by atoms with Crippen LogP contribution in [0.3, 0.4) is 0 Å². The number of hydrogen-bond acceptors (Lipinski definition) is 4. The van der Waals surface area contributed by atoms with Crippen molar-refractivity contribution in [2.75, 3.05) is 19.6 Å². The normalized spacial score (nSPS) is 21.5. The highest BCUT2D eigenvalue weighted by molar-refractivity contribution is 6.04. The highest BCUT2D eigenvalue weighted by Crippen LogP contribution is 2.39. The maximum atomic E-state index is 13.2. The number of aryl methyl sites for hydroxylation is 1. The summed E-state index contributed by atoms with van der Waals surface area (Å²) in [6, 6.07) is 14.4. The molecule has 1 amide bonds. The number of benzene rings is 2. The van der Waals surface area contributed by atoms with Gasteiger partial charge in [0.15, 0.2) is 5.75 Å². The molecule has 2 aromatic rings. The molecule has 3 aliphatic rings. The second-order valence-corrected chi connectivity index (χ2v) is 9.17. The van der Waals surface area contributed by atoms with E-state index < -0.39 is 0 Å². The van der Waals surface area contributed by atoms with Crippen LogP contribution < -0.4 is 4.74 Å². The quantitative estimate of drug-likeness (QED) is 0.633. The molecule has 0 bridgehead atoms. The van der Waals surface area contributed by atoms with Crippen LogP contribution in [0.1, 0.15) is 50.2 Å². The van der Waals surface area contributed by atoms with E-state index in [1.807, 2.05) is 30.3 Å². The minimum atomic E-state index is 0.166. The summed E-state index contributed by atoms with van der Waals surface area (Å²) in [4.78, 5) is 22.6. The van der Waals surface area contributed by atoms with Crippen LogP contribution in [0.2, 0.25) is 0 Å². The highest BCUT2D eigenvalue weighted by atomic mass is 16.5.